The van der Waals surface area contributed by atoms with Gasteiger partial charge in [0.1, 0.15) is 24.7 Å². The van der Waals surface area contributed by atoms with Gasteiger partial charge in [-0.05, 0) is 36.4 Å². The fraction of sp³-hybridized carbons (Fsp3) is 0.143. The highest BCUT2D eigenvalue weighted by molar-refractivity contribution is 9.10. The lowest BCUT2D eigenvalue weighted by atomic mass is 10.3. The maximum atomic E-state index is 5.81. The van der Waals surface area contributed by atoms with Crippen LogP contribution in [0.3, 0.4) is 0 Å². The van der Waals surface area contributed by atoms with Crippen molar-refractivity contribution >= 4 is 33.2 Å². The molecule has 100 valence electrons. The standard InChI is InChI=1S/C14H13BrClNO2/c15-10-2-1-3-12(8-10)18-6-7-19-14-5-4-11(16)9-13(14)17/h1-5,8-9H,6-7,17H2. The third kappa shape index (κ3) is 4.33. The Balaban J connectivity index is 1.81. The third-order valence-corrected chi connectivity index (χ3v) is 3.11. The number of halogens is 2. The molecule has 2 N–H and O–H groups in total. The van der Waals surface area contributed by atoms with E-state index in [1.807, 2.05) is 24.3 Å². The molecule has 2 aromatic carbocycles. The molecule has 0 radical (unpaired) electrons. The molecule has 0 saturated carbocycles. The summed E-state index contributed by atoms with van der Waals surface area (Å²) in [6.07, 6.45) is 0. The van der Waals surface area contributed by atoms with Crippen molar-refractivity contribution in [2.45, 2.75) is 0 Å². The number of hydrogen-bond donors (Lipinski definition) is 1. The van der Waals surface area contributed by atoms with Crippen molar-refractivity contribution < 1.29 is 9.47 Å². The Morgan fingerprint density at radius 1 is 1.05 bits per heavy atom. The van der Waals surface area contributed by atoms with Crippen LogP contribution >= 0.6 is 27.5 Å². The summed E-state index contributed by atoms with van der Waals surface area (Å²) in [6.45, 7) is 0.858. The quantitative estimate of drug-likeness (QED) is 0.656. The molecule has 19 heavy (non-hydrogen) atoms. The third-order valence-electron chi connectivity index (χ3n) is 2.38. The summed E-state index contributed by atoms with van der Waals surface area (Å²) in [5.41, 5.74) is 6.30. The van der Waals surface area contributed by atoms with Crippen molar-refractivity contribution in [1.29, 1.82) is 0 Å². The van der Waals surface area contributed by atoms with Crippen molar-refractivity contribution in [3.05, 3.63) is 52.0 Å². The molecule has 0 amide bonds. The molecule has 0 unspecified atom stereocenters. The van der Waals surface area contributed by atoms with Crippen LogP contribution in [-0.2, 0) is 0 Å². The Kier molecular flexibility index (Phi) is 4.93. The molecule has 2 rings (SSSR count). The Bertz CT molecular complexity index is 563. The highest BCUT2D eigenvalue weighted by Gasteiger charge is 2.01. The first kappa shape index (κ1) is 14.0. The SMILES string of the molecule is Nc1cc(Cl)ccc1OCCOc1cccc(Br)c1. The second-order valence-electron chi connectivity index (χ2n) is 3.84. The molecule has 3 nitrogen and oxygen atoms in total. The molecular formula is C14H13BrClNO2. The van der Waals surface area contributed by atoms with Gasteiger partial charge in [-0.15, -0.1) is 0 Å². The van der Waals surface area contributed by atoms with Gasteiger partial charge in [0.05, 0.1) is 5.69 Å². The van der Waals surface area contributed by atoms with Gasteiger partial charge in [-0.3, -0.25) is 0 Å². The van der Waals surface area contributed by atoms with E-state index >= 15 is 0 Å². The van der Waals surface area contributed by atoms with Crippen LogP contribution in [0.15, 0.2) is 46.9 Å². The van der Waals surface area contributed by atoms with E-state index in [9.17, 15) is 0 Å². The molecule has 0 saturated heterocycles. The zero-order valence-corrected chi connectivity index (χ0v) is 12.4. The van der Waals surface area contributed by atoms with Crippen LogP contribution < -0.4 is 15.2 Å². The summed E-state index contributed by atoms with van der Waals surface area (Å²) < 4.78 is 12.1. The first-order valence-electron chi connectivity index (χ1n) is 5.71. The van der Waals surface area contributed by atoms with Crippen LogP contribution in [0.1, 0.15) is 0 Å². The smallest absolute Gasteiger partial charge is 0.142 e. The van der Waals surface area contributed by atoms with E-state index in [2.05, 4.69) is 15.9 Å². The Morgan fingerprint density at radius 3 is 2.58 bits per heavy atom. The predicted molar refractivity (Wildman–Crippen MR) is 81.0 cm³/mol. The summed E-state index contributed by atoms with van der Waals surface area (Å²) in [5.74, 6) is 1.41. The number of nitrogen functional groups attached to an aromatic ring is 1. The second kappa shape index (κ2) is 6.68. The molecule has 0 fully saturated rings. The molecule has 5 heteroatoms. The number of rotatable bonds is 5. The van der Waals surface area contributed by atoms with E-state index in [0.717, 1.165) is 10.2 Å². The zero-order chi connectivity index (χ0) is 13.7. The van der Waals surface area contributed by atoms with Gasteiger partial charge in [0.2, 0.25) is 0 Å². The minimum absolute atomic E-state index is 0.415. The highest BCUT2D eigenvalue weighted by atomic mass is 79.9. The van der Waals surface area contributed by atoms with E-state index in [1.165, 1.54) is 0 Å². The maximum Gasteiger partial charge on any atom is 0.142 e. The van der Waals surface area contributed by atoms with Crippen molar-refractivity contribution in [2.24, 2.45) is 0 Å². The highest BCUT2D eigenvalue weighted by Crippen LogP contribution is 2.24. The van der Waals surface area contributed by atoms with Crippen LogP contribution in [0.2, 0.25) is 5.02 Å². The van der Waals surface area contributed by atoms with Crippen LogP contribution in [0, 0.1) is 0 Å². The second-order valence-corrected chi connectivity index (χ2v) is 5.19. The topological polar surface area (TPSA) is 44.5 Å². The van der Waals surface area contributed by atoms with Crippen molar-refractivity contribution in [3.63, 3.8) is 0 Å². The van der Waals surface area contributed by atoms with Gasteiger partial charge in [0, 0.05) is 9.50 Å². The summed E-state index contributed by atoms with van der Waals surface area (Å²) in [4.78, 5) is 0. The number of hydrogen-bond acceptors (Lipinski definition) is 3. The van der Waals surface area contributed by atoms with E-state index in [1.54, 1.807) is 18.2 Å². The van der Waals surface area contributed by atoms with E-state index < -0.39 is 0 Å². The maximum absolute atomic E-state index is 5.81. The van der Waals surface area contributed by atoms with Gasteiger partial charge in [-0.1, -0.05) is 33.6 Å². The molecule has 0 aromatic heterocycles. The Hall–Kier alpha value is -1.39. The van der Waals surface area contributed by atoms with Crippen LogP contribution in [0.4, 0.5) is 5.69 Å². The van der Waals surface area contributed by atoms with Gasteiger partial charge in [-0.25, -0.2) is 0 Å². The summed E-state index contributed by atoms with van der Waals surface area (Å²) in [5, 5.41) is 0.593. The largest absolute Gasteiger partial charge is 0.490 e. The average molecular weight is 343 g/mol. The average Bonchev–Trinajstić information content (AvgIpc) is 2.37. The zero-order valence-electron chi connectivity index (χ0n) is 10.1. The van der Waals surface area contributed by atoms with Crippen LogP contribution in [-0.4, -0.2) is 13.2 Å². The minimum Gasteiger partial charge on any atom is -0.490 e. The summed E-state index contributed by atoms with van der Waals surface area (Å²) in [7, 11) is 0. The molecule has 2 aromatic rings. The number of benzene rings is 2. The summed E-state index contributed by atoms with van der Waals surface area (Å²) in [6, 6.07) is 12.8. The fourth-order valence-electron chi connectivity index (χ4n) is 1.52. The molecule has 0 heterocycles. The molecular weight excluding hydrogens is 330 g/mol. The van der Waals surface area contributed by atoms with Crippen LogP contribution in [0.5, 0.6) is 11.5 Å². The van der Waals surface area contributed by atoms with Crippen molar-refractivity contribution in [3.8, 4) is 11.5 Å². The molecule has 0 aliphatic heterocycles. The predicted octanol–water partition coefficient (Wildman–Crippen LogP) is 4.14. The number of ether oxygens (including phenoxy) is 2. The van der Waals surface area contributed by atoms with E-state index in [0.29, 0.717) is 29.7 Å². The molecule has 0 bridgehead atoms. The fourth-order valence-corrected chi connectivity index (χ4v) is 2.08. The van der Waals surface area contributed by atoms with E-state index in [-0.39, 0.29) is 0 Å². The Morgan fingerprint density at radius 2 is 1.84 bits per heavy atom. The minimum atomic E-state index is 0.415. The lowest BCUT2D eigenvalue weighted by molar-refractivity contribution is 0.218. The number of anilines is 1. The number of nitrogens with two attached hydrogens (primary N) is 1. The van der Waals surface area contributed by atoms with E-state index in [4.69, 9.17) is 26.8 Å². The van der Waals surface area contributed by atoms with Crippen molar-refractivity contribution in [2.75, 3.05) is 18.9 Å². The Labute approximate surface area is 125 Å². The lowest BCUT2D eigenvalue weighted by Crippen LogP contribution is -2.09. The van der Waals surface area contributed by atoms with Gasteiger partial charge in [0.25, 0.3) is 0 Å². The summed E-state index contributed by atoms with van der Waals surface area (Å²) >= 11 is 9.19. The molecule has 0 aliphatic carbocycles. The van der Waals surface area contributed by atoms with Gasteiger partial charge in [0.15, 0.2) is 0 Å². The van der Waals surface area contributed by atoms with Gasteiger partial charge >= 0.3 is 0 Å². The van der Waals surface area contributed by atoms with Crippen molar-refractivity contribution in [1.82, 2.24) is 0 Å². The molecule has 0 spiro atoms. The normalized spacial score (nSPS) is 10.2. The lowest BCUT2D eigenvalue weighted by Gasteiger charge is -2.10. The van der Waals surface area contributed by atoms with Gasteiger partial charge < -0.3 is 15.2 Å². The monoisotopic (exact) mass is 341 g/mol. The molecule has 0 atom stereocenters. The first-order chi connectivity index (χ1) is 9.15. The molecule has 0 aliphatic rings. The van der Waals surface area contributed by atoms with Crippen LogP contribution in [0.25, 0.3) is 0 Å². The first-order valence-corrected chi connectivity index (χ1v) is 6.88. The van der Waals surface area contributed by atoms with Gasteiger partial charge in [-0.2, -0.15) is 0 Å².